The van der Waals surface area contributed by atoms with Crippen molar-refractivity contribution in [2.24, 2.45) is 0 Å². The molecule has 18 heavy (non-hydrogen) atoms. The number of rotatable bonds is 5. The van der Waals surface area contributed by atoms with E-state index in [1.807, 2.05) is 24.3 Å². The molecule has 0 bridgehead atoms. The highest BCUT2D eigenvalue weighted by molar-refractivity contribution is 9.11. The fourth-order valence-corrected chi connectivity index (χ4v) is 2.95. The van der Waals surface area contributed by atoms with Gasteiger partial charge in [0.05, 0.1) is 10.3 Å². The Morgan fingerprint density at radius 3 is 2.94 bits per heavy atom. The van der Waals surface area contributed by atoms with Gasteiger partial charge in [0.25, 0.3) is 0 Å². The Kier molecular flexibility index (Phi) is 4.90. The first-order valence-corrected chi connectivity index (χ1v) is 7.25. The van der Waals surface area contributed by atoms with Gasteiger partial charge < -0.3 is 5.32 Å². The molecule has 0 radical (unpaired) electrons. The highest BCUT2D eigenvalue weighted by Crippen LogP contribution is 2.21. The van der Waals surface area contributed by atoms with Crippen LogP contribution in [0.3, 0.4) is 0 Å². The second-order valence-electron chi connectivity index (χ2n) is 3.84. The number of carbonyl (C=O) groups excluding carboxylic acids is 1. The fraction of sp³-hybridized carbons (Fsp3) is 0.231. The predicted molar refractivity (Wildman–Crippen MR) is 76.4 cm³/mol. The Labute approximate surface area is 118 Å². The molecule has 0 fully saturated rings. The molecule has 0 atom stereocenters. The maximum Gasteiger partial charge on any atom is 0.220 e. The summed E-state index contributed by atoms with van der Waals surface area (Å²) in [5.74, 6) is 0.0726. The van der Waals surface area contributed by atoms with Crippen molar-refractivity contribution in [2.45, 2.75) is 19.4 Å². The van der Waals surface area contributed by atoms with Gasteiger partial charge in [0.15, 0.2) is 0 Å². The number of carbonyl (C=O) groups is 1. The van der Waals surface area contributed by atoms with Crippen molar-refractivity contribution >= 4 is 33.2 Å². The SMILES string of the molecule is O=C(CCc1cccnc1)NCc1ccc(Br)s1. The minimum Gasteiger partial charge on any atom is -0.351 e. The average Bonchev–Trinajstić information content (AvgIpc) is 2.81. The number of pyridine rings is 1. The summed E-state index contributed by atoms with van der Waals surface area (Å²) in [5, 5.41) is 2.91. The summed E-state index contributed by atoms with van der Waals surface area (Å²) in [4.78, 5) is 16.8. The zero-order chi connectivity index (χ0) is 12.8. The molecule has 0 aromatic carbocycles. The minimum atomic E-state index is 0.0726. The molecule has 94 valence electrons. The second-order valence-corrected chi connectivity index (χ2v) is 6.39. The third-order valence-corrected chi connectivity index (χ3v) is 4.08. The van der Waals surface area contributed by atoms with Crippen molar-refractivity contribution in [3.05, 3.63) is 50.9 Å². The maximum atomic E-state index is 11.7. The lowest BCUT2D eigenvalue weighted by Gasteiger charge is -2.03. The van der Waals surface area contributed by atoms with Crippen LogP contribution in [-0.4, -0.2) is 10.9 Å². The quantitative estimate of drug-likeness (QED) is 0.917. The topological polar surface area (TPSA) is 42.0 Å². The van der Waals surface area contributed by atoms with Crippen LogP contribution in [0.1, 0.15) is 16.9 Å². The van der Waals surface area contributed by atoms with E-state index in [0.717, 1.165) is 20.6 Å². The zero-order valence-corrected chi connectivity index (χ0v) is 12.1. The van der Waals surface area contributed by atoms with Gasteiger partial charge in [0, 0.05) is 23.7 Å². The molecular weight excluding hydrogens is 312 g/mol. The van der Waals surface area contributed by atoms with Gasteiger partial charge >= 0.3 is 0 Å². The molecule has 2 heterocycles. The molecular formula is C13H13BrN2OS. The number of aryl methyl sites for hydroxylation is 1. The van der Waals surface area contributed by atoms with E-state index in [0.29, 0.717) is 13.0 Å². The Morgan fingerprint density at radius 1 is 1.39 bits per heavy atom. The van der Waals surface area contributed by atoms with Gasteiger partial charge in [-0.2, -0.15) is 0 Å². The van der Waals surface area contributed by atoms with Crippen LogP contribution in [0.15, 0.2) is 40.4 Å². The normalized spacial score (nSPS) is 10.3. The van der Waals surface area contributed by atoms with Crippen molar-refractivity contribution in [3.8, 4) is 0 Å². The fourth-order valence-electron chi connectivity index (χ4n) is 1.52. The van der Waals surface area contributed by atoms with Gasteiger partial charge in [-0.3, -0.25) is 9.78 Å². The monoisotopic (exact) mass is 324 g/mol. The number of hydrogen-bond donors (Lipinski definition) is 1. The number of nitrogens with zero attached hydrogens (tertiary/aromatic N) is 1. The molecule has 2 aromatic heterocycles. The largest absolute Gasteiger partial charge is 0.351 e. The van der Waals surface area contributed by atoms with Crippen LogP contribution in [0.2, 0.25) is 0 Å². The van der Waals surface area contributed by atoms with E-state index in [4.69, 9.17) is 0 Å². The van der Waals surface area contributed by atoms with Gasteiger partial charge in [-0.25, -0.2) is 0 Å². The summed E-state index contributed by atoms with van der Waals surface area (Å²) in [6, 6.07) is 7.87. The summed E-state index contributed by atoms with van der Waals surface area (Å²) in [7, 11) is 0. The lowest BCUT2D eigenvalue weighted by atomic mass is 10.1. The van der Waals surface area contributed by atoms with Gasteiger partial charge in [-0.15, -0.1) is 11.3 Å². The van der Waals surface area contributed by atoms with Crippen LogP contribution < -0.4 is 5.32 Å². The Morgan fingerprint density at radius 2 is 2.28 bits per heavy atom. The van der Waals surface area contributed by atoms with Crippen LogP contribution in [0, 0.1) is 0 Å². The van der Waals surface area contributed by atoms with Crippen LogP contribution in [0.5, 0.6) is 0 Å². The summed E-state index contributed by atoms with van der Waals surface area (Å²) in [6.45, 7) is 0.599. The summed E-state index contributed by atoms with van der Waals surface area (Å²) in [5.41, 5.74) is 1.09. The van der Waals surface area contributed by atoms with E-state index in [1.54, 1.807) is 23.7 Å². The van der Waals surface area contributed by atoms with Crippen molar-refractivity contribution in [2.75, 3.05) is 0 Å². The van der Waals surface area contributed by atoms with E-state index in [1.165, 1.54) is 0 Å². The van der Waals surface area contributed by atoms with E-state index in [9.17, 15) is 4.79 Å². The van der Waals surface area contributed by atoms with Crippen molar-refractivity contribution < 1.29 is 4.79 Å². The third-order valence-electron chi connectivity index (χ3n) is 2.45. The van der Waals surface area contributed by atoms with E-state index in [2.05, 4.69) is 26.2 Å². The predicted octanol–water partition coefficient (Wildman–Crippen LogP) is 3.15. The van der Waals surface area contributed by atoms with Crippen molar-refractivity contribution in [3.63, 3.8) is 0 Å². The zero-order valence-electron chi connectivity index (χ0n) is 9.73. The molecule has 0 unspecified atom stereocenters. The lowest BCUT2D eigenvalue weighted by Crippen LogP contribution is -2.22. The van der Waals surface area contributed by atoms with Gasteiger partial charge in [0.1, 0.15) is 0 Å². The first-order valence-electron chi connectivity index (χ1n) is 5.64. The average molecular weight is 325 g/mol. The molecule has 1 N–H and O–H groups in total. The molecule has 0 aliphatic heterocycles. The molecule has 0 spiro atoms. The van der Waals surface area contributed by atoms with Gasteiger partial charge in [-0.1, -0.05) is 6.07 Å². The van der Waals surface area contributed by atoms with Gasteiger partial charge in [-0.05, 0) is 46.1 Å². The molecule has 3 nitrogen and oxygen atoms in total. The van der Waals surface area contributed by atoms with E-state index < -0.39 is 0 Å². The Bertz CT molecular complexity index is 513. The number of amides is 1. The third kappa shape index (κ3) is 4.23. The number of aromatic nitrogens is 1. The summed E-state index contributed by atoms with van der Waals surface area (Å²) >= 11 is 5.04. The van der Waals surface area contributed by atoms with Gasteiger partial charge in [0.2, 0.25) is 5.91 Å². The first-order chi connectivity index (χ1) is 8.74. The highest BCUT2D eigenvalue weighted by atomic mass is 79.9. The minimum absolute atomic E-state index is 0.0726. The van der Waals surface area contributed by atoms with Crippen LogP contribution in [0.25, 0.3) is 0 Å². The van der Waals surface area contributed by atoms with Crippen molar-refractivity contribution in [1.82, 2.24) is 10.3 Å². The molecule has 5 heteroatoms. The van der Waals surface area contributed by atoms with E-state index >= 15 is 0 Å². The van der Waals surface area contributed by atoms with Crippen LogP contribution in [-0.2, 0) is 17.8 Å². The standard InChI is InChI=1S/C13H13BrN2OS/c14-12-5-4-11(18-12)9-16-13(17)6-3-10-2-1-7-15-8-10/h1-2,4-5,7-8H,3,6,9H2,(H,16,17). The number of halogens is 1. The van der Waals surface area contributed by atoms with E-state index in [-0.39, 0.29) is 5.91 Å². The maximum absolute atomic E-state index is 11.7. The smallest absolute Gasteiger partial charge is 0.220 e. The molecule has 2 aromatic rings. The number of nitrogens with one attached hydrogen (secondary N) is 1. The second kappa shape index (κ2) is 6.66. The van der Waals surface area contributed by atoms with Crippen molar-refractivity contribution in [1.29, 1.82) is 0 Å². The molecule has 0 aliphatic carbocycles. The lowest BCUT2D eigenvalue weighted by molar-refractivity contribution is -0.121. The molecule has 1 amide bonds. The Balaban J connectivity index is 1.73. The molecule has 0 saturated carbocycles. The number of thiophene rings is 1. The summed E-state index contributed by atoms with van der Waals surface area (Å²) in [6.07, 6.45) is 4.76. The Hall–Kier alpha value is -1.20. The summed E-state index contributed by atoms with van der Waals surface area (Å²) < 4.78 is 1.09. The van der Waals surface area contributed by atoms with Crippen LogP contribution in [0.4, 0.5) is 0 Å². The first kappa shape index (κ1) is 13.2. The molecule has 0 aliphatic rings. The van der Waals surface area contributed by atoms with Crippen LogP contribution >= 0.6 is 27.3 Å². The highest BCUT2D eigenvalue weighted by Gasteiger charge is 2.03. The molecule has 2 rings (SSSR count). The molecule has 0 saturated heterocycles. The number of hydrogen-bond acceptors (Lipinski definition) is 3.